The summed E-state index contributed by atoms with van der Waals surface area (Å²) in [4.78, 5) is 30.0. The summed E-state index contributed by atoms with van der Waals surface area (Å²) in [6, 6.07) is 8.76. The van der Waals surface area contributed by atoms with Crippen LogP contribution in [0.15, 0.2) is 36.7 Å². The number of carboxylic acids is 2. The van der Waals surface area contributed by atoms with Crippen molar-refractivity contribution in [1.29, 1.82) is 0 Å². The molecule has 3 fully saturated rings. The fourth-order valence-electron chi connectivity index (χ4n) is 6.05. The highest BCUT2D eigenvalue weighted by Crippen LogP contribution is 2.40. The molecule has 176 valence electrons. The molecule has 1 saturated carbocycles. The van der Waals surface area contributed by atoms with Gasteiger partial charge in [-0.2, -0.15) is 5.10 Å². The number of aromatic nitrogens is 3. The van der Waals surface area contributed by atoms with Crippen LogP contribution in [0.3, 0.4) is 0 Å². The second-order valence-electron chi connectivity index (χ2n) is 9.85. The highest BCUT2D eigenvalue weighted by Gasteiger charge is 2.42. The number of nitrogens with zero attached hydrogens (tertiary/aromatic N) is 4. The van der Waals surface area contributed by atoms with Gasteiger partial charge in [-0.15, -0.1) is 0 Å². The number of piperidine rings is 1. The number of carboxylic acid groups (broad SMARTS) is 2. The van der Waals surface area contributed by atoms with Crippen molar-refractivity contribution in [3.05, 3.63) is 36.7 Å². The molecule has 33 heavy (non-hydrogen) atoms. The second kappa shape index (κ2) is 9.23. The van der Waals surface area contributed by atoms with Crippen LogP contribution in [-0.2, 0) is 9.59 Å². The molecular weight excluding hydrogens is 422 g/mol. The number of aliphatic carboxylic acids is 2. The number of benzene rings is 1. The van der Waals surface area contributed by atoms with Gasteiger partial charge in [-0.1, -0.05) is 30.3 Å². The summed E-state index contributed by atoms with van der Waals surface area (Å²) >= 11 is 0. The lowest BCUT2D eigenvalue weighted by Crippen LogP contribution is -2.50. The van der Waals surface area contributed by atoms with Gasteiger partial charge in [0.25, 0.3) is 0 Å². The van der Waals surface area contributed by atoms with Crippen LogP contribution in [0.1, 0.15) is 38.1 Å². The monoisotopic (exact) mass is 453 g/mol. The lowest BCUT2D eigenvalue weighted by Gasteiger charge is -2.42. The van der Waals surface area contributed by atoms with Crippen LogP contribution in [0.4, 0.5) is 0 Å². The number of hydrogen-bond acceptors (Lipinski definition) is 6. The normalized spacial score (nSPS) is 32.4. The minimum atomic E-state index is -0.789. The predicted octanol–water partition coefficient (Wildman–Crippen LogP) is 2.12. The summed E-state index contributed by atoms with van der Waals surface area (Å²) in [6.07, 6.45) is 6.01. The molecule has 3 heterocycles. The molecule has 9 nitrogen and oxygen atoms in total. The van der Waals surface area contributed by atoms with Gasteiger partial charge in [0.1, 0.15) is 18.4 Å². The van der Waals surface area contributed by atoms with Crippen LogP contribution in [0.5, 0.6) is 0 Å². The van der Waals surface area contributed by atoms with Gasteiger partial charge in [0, 0.05) is 18.7 Å². The van der Waals surface area contributed by atoms with Gasteiger partial charge in [0.2, 0.25) is 0 Å². The van der Waals surface area contributed by atoms with E-state index in [4.69, 9.17) is 0 Å². The highest BCUT2D eigenvalue weighted by molar-refractivity contribution is 5.74. The Labute approximate surface area is 192 Å². The topological polar surface area (TPSA) is 121 Å². The highest BCUT2D eigenvalue weighted by atomic mass is 16.4. The molecule has 2 aromatic rings. The largest absolute Gasteiger partial charge is 0.480 e. The van der Waals surface area contributed by atoms with Gasteiger partial charge in [-0.25, -0.2) is 9.67 Å². The van der Waals surface area contributed by atoms with Crippen molar-refractivity contribution < 1.29 is 19.8 Å². The van der Waals surface area contributed by atoms with Gasteiger partial charge in [-0.05, 0) is 56.4 Å². The third kappa shape index (κ3) is 4.65. The van der Waals surface area contributed by atoms with Crippen LogP contribution in [0, 0.1) is 17.8 Å². The van der Waals surface area contributed by atoms with Gasteiger partial charge in [0.15, 0.2) is 5.82 Å². The maximum atomic E-state index is 12.0. The minimum Gasteiger partial charge on any atom is -0.480 e. The van der Waals surface area contributed by atoms with E-state index in [9.17, 15) is 19.8 Å². The summed E-state index contributed by atoms with van der Waals surface area (Å²) in [5, 5.41) is 27.1. The number of carbonyl (C=O) groups is 2. The van der Waals surface area contributed by atoms with Crippen molar-refractivity contribution in [2.24, 2.45) is 17.8 Å². The van der Waals surface area contributed by atoms with Crippen molar-refractivity contribution in [1.82, 2.24) is 25.0 Å². The van der Waals surface area contributed by atoms with Crippen LogP contribution in [0.2, 0.25) is 0 Å². The number of rotatable bonds is 6. The van der Waals surface area contributed by atoms with Crippen molar-refractivity contribution in [2.45, 2.75) is 50.2 Å². The Hall–Kier alpha value is -2.78. The molecule has 1 aromatic carbocycles. The predicted molar refractivity (Wildman–Crippen MR) is 120 cm³/mol. The lowest BCUT2D eigenvalue weighted by molar-refractivity contribution is -0.143. The molecule has 0 amide bonds. The molecule has 3 N–H and O–H groups in total. The Balaban J connectivity index is 1.24. The first kappa shape index (κ1) is 22.0. The van der Waals surface area contributed by atoms with Gasteiger partial charge in [-0.3, -0.25) is 14.5 Å². The first-order valence-corrected chi connectivity index (χ1v) is 11.9. The Bertz CT molecular complexity index is 996. The molecule has 9 heteroatoms. The van der Waals surface area contributed by atoms with E-state index in [0.717, 1.165) is 37.9 Å². The number of nitrogens with one attached hydrogen (secondary N) is 1. The van der Waals surface area contributed by atoms with Crippen LogP contribution in [-0.4, -0.2) is 73.5 Å². The molecule has 0 unspecified atom stereocenters. The van der Waals surface area contributed by atoms with E-state index in [-0.39, 0.29) is 6.04 Å². The second-order valence-corrected chi connectivity index (χ2v) is 9.85. The smallest absolute Gasteiger partial charge is 0.321 e. The third-order valence-electron chi connectivity index (χ3n) is 7.79. The van der Waals surface area contributed by atoms with E-state index in [2.05, 4.69) is 20.3 Å². The van der Waals surface area contributed by atoms with E-state index in [1.165, 1.54) is 0 Å². The summed E-state index contributed by atoms with van der Waals surface area (Å²) < 4.78 is 1.82. The molecule has 1 aliphatic carbocycles. The SMILES string of the molecule is O=C(O)[C@@H]1C[C@H]2C[C@@H](CN3C[C@@H](n4cnc(-c5ccccc5)n4)C[C@H]3C(=O)O)CC[C@H]2CN1. The van der Waals surface area contributed by atoms with E-state index in [0.29, 0.717) is 43.0 Å². The fraction of sp³-hybridized carbons (Fsp3) is 0.583. The maximum absolute atomic E-state index is 12.0. The van der Waals surface area contributed by atoms with Crippen molar-refractivity contribution in [3.63, 3.8) is 0 Å². The van der Waals surface area contributed by atoms with Gasteiger partial charge < -0.3 is 15.5 Å². The Morgan fingerprint density at radius 1 is 1.03 bits per heavy atom. The number of fused-ring (bicyclic) bond motifs is 1. The van der Waals surface area contributed by atoms with Crippen molar-refractivity contribution >= 4 is 11.9 Å². The third-order valence-corrected chi connectivity index (χ3v) is 7.79. The average Bonchev–Trinajstić information content (AvgIpc) is 3.47. The quantitative estimate of drug-likeness (QED) is 0.608. The Kier molecular flexibility index (Phi) is 6.16. The summed E-state index contributed by atoms with van der Waals surface area (Å²) in [6.45, 7) is 2.15. The zero-order valence-corrected chi connectivity index (χ0v) is 18.6. The van der Waals surface area contributed by atoms with Crippen LogP contribution >= 0.6 is 0 Å². The van der Waals surface area contributed by atoms with Crippen molar-refractivity contribution in [2.75, 3.05) is 19.6 Å². The molecule has 0 bridgehead atoms. The average molecular weight is 454 g/mol. The molecule has 0 radical (unpaired) electrons. The molecule has 3 aliphatic rings. The van der Waals surface area contributed by atoms with E-state index >= 15 is 0 Å². The zero-order valence-electron chi connectivity index (χ0n) is 18.6. The molecule has 0 spiro atoms. The Morgan fingerprint density at radius 3 is 2.61 bits per heavy atom. The van der Waals surface area contributed by atoms with E-state index < -0.39 is 24.0 Å². The van der Waals surface area contributed by atoms with E-state index in [1.807, 2.05) is 35.0 Å². The fourth-order valence-corrected chi connectivity index (χ4v) is 6.05. The minimum absolute atomic E-state index is 0.0253. The number of hydrogen-bond donors (Lipinski definition) is 3. The summed E-state index contributed by atoms with van der Waals surface area (Å²) in [7, 11) is 0. The molecule has 2 saturated heterocycles. The Morgan fingerprint density at radius 2 is 1.85 bits per heavy atom. The lowest BCUT2D eigenvalue weighted by atomic mass is 9.69. The number of likely N-dealkylation sites (tertiary alicyclic amines) is 1. The van der Waals surface area contributed by atoms with Gasteiger partial charge in [0.05, 0.1) is 6.04 Å². The first-order valence-electron chi connectivity index (χ1n) is 11.9. The summed E-state index contributed by atoms with van der Waals surface area (Å²) in [5.41, 5.74) is 0.944. The zero-order chi connectivity index (χ0) is 22.9. The molecule has 6 atom stereocenters. The van der Waals surface area contributed by atoms with Crippen LogP contribution in [0.25, 0.3) is 11.4 Å². The summed E-state index contributed by atoms with van der Waals surface area (Å²) in [5.74, 6) is 0.420. The maximum Gasteiger partial charge on any atom is 0.321 e. The molecule has 5 rings (SSSR count). The van der Waals surface area contributed by atoms with Crippen molar-refractivity contribution in [3.8, 4) is 11.4 Å². The van der Waals surface area contributed by atoms with Crippen LogP contribution < -0.4 is 5.32 Å². The first-order chi connectivity index (χ1) is 16.0. The molecule has 1 aromatic heterocycles. The van der Waals surface area contributed by atoms with Gasteiger partial charge >= 0.3 is 11.9 Å². The van der Waals surface area contributed by atoms with E-state index in [1.54, 1.807) is 6.33 Å². The molecular formula is C24H31N5O4. The molecule has 2 aliphatic heterocycles. The standard InChI is InChI=1S/C24H31N5O4/c30-23(31)20-9-18-8-15(6-7-17(18)11-25-20)12-28-13-19(10-21(28)24(32)33)29-14-26-22(27-29)16-4-2-1-3-5-16/h1-5,14-15,17-21,25H,6-13H2,(H,30,31)(H,32,33)/t15-,17-,18+,19-,20-,21-/m0/s1.